The maximum absolute atomic E-state index is 6.16. The Balaban J connectivity index is 1.80. The molecule has 2 aromatic carbocycles. The number of nitrogens with one attached hydrogen (secondary N) is 2. The summed E-state index contributed by atoms with van der Waals surface area (Å²) < 4.78 is 10.7. The molecule has 3 rings (SSSR count). The van der Waals surface area contributed by atoms with Crippen molar-refractivity contribution in [3.63, 3.8) is 0 Å². The first-order chi connectivity index (χ1) is 13.1. The largest absolute Gasteiger partial charge is 0.495 e. The number of methoxy groups -OCH3 is 2. The zero-order chi connectivity index (χ0) is 19.2. The predicted octanol–water partition coefficient (Wildman–Crippen LogP) is 5.06. The van der Waals surface area contributed by atoms with Crippen LogP contribution in [0.5, 0.6) is 11.5 Å². The van der Waals surface area contributed by atoms with Gasteiger partial charge in [0.05, 0.1) is 24.9 Å². The van der Waals surface area contributed by atoms with Crippen molar-refractivity contribution >= 4 is 28.9 Å². The summed E-state index contributed by atoms with van der Waals surface area (Å²) in [5.41, 5.74) is 1.87. The van der Waals surface area contributed by atoms with Crippen molar-refractivity contribution in [3.05, 3.63) is 65.4 Å². The molecule has 1 atom stereocenters. The third-order valence-electron chi connectivity index (χ3n) is 4.07. The summed E-state index contributed by atoms with van der Waals surface area (Å²) >= 11 is 6.16. The Kier molecular flexibility index (Phi) is 5.98. The van der Waals surface area contributed by atoms with Crippen molar-refractivity contribution in [1.29, 1.82) is 0 Å². The van der Waals surface area contributed by atoms with E-state index in [9.17, 15) is 0 Å². The van der Waals surface area contributed by atoms with Gasteiger partial charge in [-0.25, -0.2) is 9.97 Å². The van der Waals surface area contributed by atoms with Crippen LogP contribution in [0.1, 0.15) is 18.5 Å². The van der Waals surface area contributed by atoms with Crippen molar-refractivity contribution in [2.75, 3.05) is 24.9 Å². The molecule has 2 N–H and O–H groups in total. The smallest absolute Gasteiger partial charge is 0.144 e. The lowest BCUT2D eigenvalue weighted by molar-refractivity contribution is 0.405. The van der Waals surface area contributed by atoms with Crippen molar-refractivity contribution in [2.45, 2.75) is 13.0 Å². The fraction of sp³-hybridized carbons (Fsp3) is 0.200. The van der Waals surface area contributed by atoms with Gasteiger partial charge in [-0.15, -0.1) is 0 Å². The Morgan fingerprint density at radius 3 is 2.33 bits per heavy atom. The monoisotopic (exact) mass is 384 g/mol. The molecule has 0 amide bonds. The molecule has 0 fully saturated rings. The Morgan fingerprint density at radius 1 is 0.926 bits per heavy atom. The number of aromatic nitrogens is 2. The van der Waals surface area contributed by atoms with Crippen LogP contribution in [0.25, 0.3) is 0 Å². The van der Waals surface area contributed by atoms with Crippen LogP contribution in [0.4, 0.5) is 17.3 Å². The normalized spacial score (nSPS) is 11.6. The number of hydrogen-bond donors (Lipinski definition) is 2. The average Bonchev–Trinajstić information content (AvgIpc) is 2.70. The van der Waals surface area contributed by atoms with Gasteiger partial charge in [0.2, 0.25) is 0 Å². The zero-order valence-corrected chi connectivity index (χ0v) is 16.1. The van der Waals surface area contributed by atoms with Crippen LogP contribution in [-0.2, 0) is 0 Å². The number of halogens is 1. The molecule has 0 spiro atoms. The average molecular weight is 385 g/mol. The Morgan fingerprint density at radius 2 is 1.63 bits per heavy atom. The van der Waals surface area contributed by atoms with E-state index >= 15 is 0 Å². The van der Waals surface area contributed by atoms with Crippen LogP contribution < -0.4 is 20.1 Å². The molecule has 1 heterocycles. The summed E-state index contributed by atoms with van der Waals surface area (Å²) in [5.74, 6) is 2.47. The van der Waals surface area contributed by atoms with Crippen molar-refractivity contribution in [3.8, 4) is 11.5 Å². The van der Waals surface area contributed by atoms with Gasteiger partial charge in [0.15, 0.2) is 0 Å². The van der Waals surface area contributed by atoms with Crippen LogP contribution in [0.3, 0.4) is 0 Å². The quantitative estimate of drug-likeness (QED) is 0.593. The molecule has 3 aromatic rings. The molecular formula is C20H21ClN4O2. The van der Waals surface area contributed by atoms with E-state index in [1.807, 2.05) is 24.3 Å². The van der Waals surface area contributed by atoms with Gasteiger partial charge in [0, 0.05) is 24.2 Å². The molecule has 140 valence electrons. The van der Waals surface area contributed by atoms with Gasteiger partial charge >= 0.3 is 0 Å². The predicted molar refractivity (Wildman–Crippen MR) is 108 cm³/mol. The molecule has 0 saturated carbocycles. The van der Waals surface area contributed by atoms with Gasteiger partial charge in [-0.3, -0.25) is 0 Å². The van der Waals surface area contributed by atoms with Gasteiger partial charge in [-0.1, -0.05) is 41.9 Å². The highest BCUT2D eigenvalue weighted by Gasteiger charge is 2.12. The van der Waals surface area contributed by atoms with Gasteiger partial charge in [-0.2, -0.15) is 0 Å². The second-order valence-electron chi connectivity index (χ2n) is 5.88. The molecule has 0 aliphatic carbocycles. The Hall–Kier alpha value is -2.99. The topological polar surface area (TPSA) is 68.3 Å². The van der Waals surface area contributed by atoms with Gasteiger partial charge < -0.3 is 20.1 Å². The summed E-state index contributed by atoms with van der Waals surface area (Å²) in [7, 11) is 3.15. The van der Waals surface area contributed by atoms with E-state index in [0.29, 0.717) is 33.8 Å². The molecule has 0 saturated heterocycles. The molecule has 1 aromatic heterocycles. The molecule has 7 heteroatoms. The van der Waals surface area contributed by atoms with E-state index in [-0.39, 0.29) is 6.04 Å². The third kappa shape index (κ3) is 4.60. The fourth-order valence-corrected chi connectivity index (χ4v) is 2.88. The zero-order valence-electron chi connectivity index (χ0n) is 15.4. The molecule has 0 aliphatic rings. The lowest BCUT2D eigenvalue weighted by Gasteiger charge is -2.16. The summed E-state index contributed by atoms with van der Waals surface area (Å²) in [4.78, 5) is 8.57. The first kappa shape index (κ1) is 18.8. The number of benzene rings is 2. The highest BCUT2D eigenvalue weighted by molar-refractivity contribution is 6.32. The number of ether oxygens (including phenoxy) is 2. The van der Waals surface area contributed by atoms with Crippen LogP contribution >= 0.6 is 11.6 Å². The van der Waals surface area contributed by atoms with Gasteiger partial charge in [0.25, 0.3) is 0 Å². The maximum atomic E-state index is 6.16. The van der Waals surface area contributed by atoms with Crippen molar-refractivity contribution in [2.24, 2.45) is 0 Å². The molecule has 27 heavy (non-hydrogen) atoms. The minimum absolute atomic E-state index is 0.110. The van der Waals surface area contributed by atoms with Crippen LogP contribution in [0.2, 0.25) is 5.02 Å². The molecular weight excluding hydrogens is 364 g/mol. The SMILES string of the molecule is COc1cc(Nc2cc(NC(C)c3ccccc3)ncn2)c(OC)cc1Cl. The second-order valence-corrected chi connectivity index (χ2v) is 6.28. The van der Waals surface area contributed by atoms with Gasteiger partial charge in [0.1, 0.15) is 29.5 Å². The number of anilines is 3. The second kappa shape index (κ2) is 8.60. The lowest BCUT2D eigenvalue weighted by Crippen LogP contribution is -2.08. The number of nitrogens with zero attached hydrogens (tertiary/aromatic N) is 2. The molecule has 0 radical (unpaired) electrons. The Bertz CT molecular complexity index is 906. The minimum Gasteiger partial charge on any atom is -0.495 e. The summed E-state index contributed by atoms with van der Waals surface area (Å²) in [6.45, 7) is 2.08. The van der Waals surface area contributed by atoms with Crippen LogP contribution in [0.15, 0.2) is 54.9 Å². The number of hydrogen-bond acceptors (Lipinski definition) is 6. The standard InChI is InChI=1S/C20H21ClN4O2/c1-13(14-7-5-4-6-8-14)24-19-11-20(23-12-22-19)25-16-10-17(26-2)15(21)9-18(16)27-3/h4-13H,1-3H3,(H2,22,23,24,25). The van der Waals surface area contributed by atoms with Gasteiger partial charge in [-0.05, 0) is 12.5 Å². The van der Waals surface area contributed by atoms with Crippen LogP contribution in [-0.4, -0.2) is 24.2 Å². The van der Waals surface area contributed by atoms with E-state index in [4.69, 9.17) is 21.1 Å². The Labute approximate surface area is 163 Å². The molecule has 1 unspecified atom stereocenters. The fourth-order valence-electron chi connectivity index (χ4n) is 2.65. The first-order valence-electron chi connectivity index (χ1n) is 8.42. The van der Waals surface area contributed by atoms with E-state index < -0.39 is 0 Å². The molecule has 0 aliphatic heterocycles. The molecule has 6 nitrogen and oxygen atoms in total. The highest BCUT2D eigenvalue weighted by Crippen LogP contribution is 2.37. The van der Waals surface area contributed by atoms with E-state index in [0.717, 1.165) is 0 Å². The highest BCUT2D eigenvalue weighted by atomic mass is 35.5. The maximum Gasteiger partial charge on any atom is 0.144 e. The van der Waals surface area contributed by atoms with Crippen LogP contribution in [0, 0.1) is 0 Å². The van der Waals surface area contributed by atoms with Crippen molar-refractivity contribution < 1.29 is 9.47 Å². The minimum atomic E-state index is 0.110. The van der Waals surface area contributed by atoms with E-state index in [1.54, 1.807) is 26.4 Å². The molecule has 0 bridgehead atoms. The van der Waals surface area contributed by atoms with Crippen molar-refractivity contribution in [1.82, 2.24) is 9.97 Å². The van der Waals surface area contributed by atoms with E-state index in [2.05, 4.69) is 39.7 Å². The number of rotatable bonds is 7. The summed E-state index contributed by atoms with van der Waals surface area (Å²) in [5, 5.41) is 7.07. The summed E-state index contributed by atoms with van der Waals surface area (Å²) in [6.07, 6.45) is 1.50. The van der Waals surface area contributed by atoms with E-state index in [1.165, 1.54) is 11.9 Å². The lowest BCUT2D eigenvalue weighted by atomic mass is 10.1. The third-order valence-corrected chi connectivity index (χ3v) is 4.36. The first-order valence-corrected chi connectivity index (χ1v) is 8.80. The summed E-state index contributed by atoms with van der Waals surface area (Å²) in [6, 6.07) is 15.6.